The van der Waals surface area contributed by atoms with Crippen LogP contribution in [0.4, 0.5) is 0 Å². The lowest BCUT2D eigenvalue weighted by Gasteiger charge is -2.19. The molecule has 0 radical (unpaired) electrons. The summed E-state index contributed by atoms with van der Waals surface area (Å²) in [5.41, 5.74) is 1.90. The molecule has 0 bridgehead atoms. The quantitative estimate of drug-likeness (QED) is 0.714. The standard InChI is InChI=1S/C18H18N2O2S/c1-19(13-14-7-3-4-8-16(14)22-2)18(21)17-15(9-12-23-17)20-10-5-6-11-20/h3-12H,13H2,1-2H3. The molecule has 0 fully saturated rings. The molecule has 3 aromatic rings. The summed E-state index contributed by atoms with van der Waals surface area (Å²) >= 11 is 1.46. The molecule has 1 amide bonds. The van der Waals surface area contributed by atoms with Crippen LogP contribution in [0.3, 0.4) is 0 Å². The van der Waals surface area contributed by atoms with Crippen molar-refractivity contribution in [2.75, 3.05) is 14.2 Å². The van der Waals surface area contributed by atoms with E-state index in [-0.39, 0.29) is 5.91 Å². The molecule has 0 atom stereocenters. The normalized spacial score (nSPS) is 10.5. The average Bonchev–Trinajstić information content (AvgIpc) is 3.25. The highest BCUT2D eigenvalue weighted by molar-refractivity contribution is 7.12. The minimum absolute atomic E-state index is 0.00889. The van der Waals surface area contributed by atoms with Gasteiger partial charge in [0.2, 0.25) is 0 Å². The number of nitrogens with zero attached hydrogens (tertiary/aromatic N) is 2. The fraction of sp³-hybridized carbons (Fsp3) is 0.167. The summed E-state index contributed by atoms with van der Waals surface area (Å²) in [5, 5.41) is 1.94. The minimum Gasteiger partial charge on any atom is -0.496 e. The fourth-order valence-corrected chi connectivity index (χ4v) is 3.38. The molecule has 3 rings (SSSR count). The van der Waals surface area contributed by atoms with Crippen LogP contribution in [-0.2, 0) is 6.54 Å². The number of para-hydroxylation sites is 1. The molecule has 0 saturated carbocycles. The Morgan fingerprint density at radius 2 is 1.91 bits per heavy atom. The van der Waals surface area contributed by atoms with Gasteiger partial charge in [-0.25, -0.2) is 0 Å². The van der Waals surface area contributed by atoms with E-state index in [1.165, 1.54) is 11.3 Å². The van der Waals surface area contributed by atoms with Gasteiger partial charge in [0.05, 0.1) is 12.8 Å². The highest BCUT2D eigenvalue weighted by Crippen LogP contribution is 2.25. The molecule has 2 aromatic heterocycles. The highest BCUT2D eigenvalue weighted by Gasteiger charge is 2.19. The first-order valence-corrected chi connectivity index (χ1v) is 8.17. The second-order valence-corrected chi connectivity index (χ2v) is 6.11. The Bertz CT molecular complexity index is 793. The van der Waals surface area contributed by atoms with Gasteiger partial charge in [0.1, 0.15) is 10.6 Å². The van der Waals surface area contributed by atoms with Gasteiger partial charge in [0.15, 0.2) is 0 Å². The first-order valence-electron chi connectivity index (χ1n) is 7.29. The lowest BCUT2D eigenvalue weighted by molar-refractivity contribution is 0.0789. The van der Waals surface area contributed by atoms with Crippen LogP contribution in [0, 0.1) is 0 Å². The third kappa shape index (κ3) is 3.14. The van der Waals surface area contributed by atoms with Gasteiger partial charge < -0.3 is 14.2 Å². The van der Waals surface area contributed by atoms with Crippen molar-refractivity contribution in [1.82, 2.24) is 9.47 Å². The average molecular weight is 326 g/mol. The topological polar surface area (TPSA) is 34.5 Å². The summed E-state index contributed by atoms with van der Waals surface area (Å²) in [7, 11) is 3.46. The van der Waals surface area contributed by atoms with E-state index in [0.29, 0.717) is 6.54 Å². The first kappa shape index (κ1) is 15.4. The van der Waals surface area contributed by atoms with Gasteiger partial charge in [-0.1, -0.05) is 18.2 Å². The highest BCUT2D eigenvalue weighted by atomic mass is 32.1. The monoisotopic (exact) mass is 326 g/mol. The number of rotatable bonds is 5. The smallest absolute Gasteiger partial charge is 0.266 e. The first-order chi connectivity index (χ1) is 11.2. The van der Waals surface area contributed by atoms with E-state index in [0.717, 1.165) is 21.9 Å². The number of benzene rings is 1. The maximum Gasteiger partial charge on any atom is 0.266 e. The second kappa shape index (κ2) is 6.71. The Morgan fingerprint density at radius 3 is 2.65 bits per heavy atom. The van der Waals surface area contributed by atoms with Crippen LogP contribution in [0.2, 0.25) is 0 Å². The van der Waals surface area contributed by atoms with Crippen molar-refractivity contribution < 1.29 is 9.53 Å². The second-order valence-electron chi connectivity index (χ2n) is 5.20. The number of ether oxygens (including phenoxy) is 1. The van der Waals surface area contributed by atoms with E-state index < -0.39 is 0 Å². The lowest BCUT2D eigenvalue weighted by Crippen LogP contribution is -2.26. The van der Waals surface area contributed by atoms with E-state index in [1.807, 2.05) is 71.9 Å². The molecule has 4 nitrogen and oxygen atoms in total. The summed E-state index contributed by atoms with van der Waals surface area (Å²) in [6.45, 7) is 0.506. The Hall–Kier alpha value is -2.53. The van der Waals surface area contributed by atoms with Crippen LogP contribution >= 0.6 is 11.3 Å². The summed E-state index contributed by atoms with van der Waals surface area (Å²) in [6.07, 6.45) is 3.89. The molecule has 1 aromatic carbocycles. The van der Waals surface area contributed by atoms with Crippen LogP contribution in [0.5, 0.6) is 5.75 Å². The molecular formula is C18H18N2O2S. The molecule has 0 aliphatic rings. The van der Waals surface area contributed by atoms with Gasteiger partial charge in [-0.2, -0.15) is 0 Å². The zero-order valence-corrected chi connectivity index (χ0v) is 13.9. The zero-order valence-electron chi connectivity index (χ0n) is 13.1. The number of carbonyl (C=O) groups excluding carboxylic acids is 1. The van der Waals surface area contributed by atoms with Crippen molar-refractivity contribution in [3.05, 3.63) is 70.7 Å². The maximum atomic E-state index is 12.8. The summed E-state index contributed by atoms with van der Waals surface area (Å²) in [4.78, 5) is 15.3. The van der Waals surface area contributed by atoms with Crippen molar-refractivity contribution >= 4 is 17.2 Å². The molecule has 0 N–H and O–H groups in total. The van der Waals surface area contributed by atoms with E-state index in [4.69, 9.17) is 4.74 Å². The number of thiophene rings is 1. The van der Waals surface area contributed by atoms with Crippen LogP contribution in [0.15, 0.2) is 60.2 Å². The summed E-state index contributed by atoms with van der Waals surface area (Å²) < 4.78 is 7.32. The number of hydrogen-bond donors (Lipinski definition) is 0. The van der Waals surface area contributed by atoms with Crippen LogP contribution in [0.25, 0.3) is 5.69 Å². The third-order valence-corrected chi connectivity index (χ3v) is 4.56. The Balaban J connectivity index is 1.82. The van der Waals surface area contributed by atoms with Crippen LogP contribution < -0.4 is 4.74 Å². The predicted molar refractivity (Wildman–Crippen MR) is 92.4 cm³/mol. The largest absolute Gasteiger partial charge is 0.496 e. The van der Waals surface area contributed by atoms with E-state index in [1.54, 1.807) is 12.0 Å². The molecule has 5 heteroatoms. The SMILES string of the molecule is COc1ccccc1CN(C)C(=O)c1sccc1-n1cccc1. The Kier molecular flexibility index (Phi) is 4.48. The van der Waals surface area contributed by atoms with Crippen molar-refractivity contribution in [3.8, 4) is 11.4 Å². The van der Waals surface area contributed by atoms with Crippen molar-refractivity contribution in [2.45, 2.75) is 6.54 Å². The number of aromatic nitrogens is 1. The van der Waals surface area contributed by atoms with Crippen molar-refractivity contribution in [1.29, 1.82) is 0 Å². The van der Waals surface area contributed by atoms with Crippen LogP contribution in [-0.4, -0.2) is 29.5 Å². The van der Waals surface area contributed by atoms with Gasteiger partial charge in [0.25, 0.3) is 5.91 Å². The number of carbonyl (C=O) groups is 1. The van der Waals surface area contributed by atoms with E-state index >= 15 is 0 Å². The number of amides is 1. The molecule has 0 aliphatic heterocycles. The summed E-state index contributed by atoms with van der Waals surface area (Å²) in [5.74, 6) is 0.804. The van der Waals surface area contributed by atoms with Gasteiger partial charge in [-0.15, -0.1) is 11.3 Å². The van der Waals surface area contributed by atoms with E-state index in [9.17, 15) is 4.79 Å². The molecule has 0 spiro atoms. The number of methoxy groups -OCH3 is 1. The molecule has 118 valence electrons. The fourth-order valence-electron chi connectivity index (χ4n) is 2.50. The molecule has 0 saturated heterocycles. The predicted octanol–water partition coefficient (Wildman–Crippen LogP) is 3.82. The number of hydrogen-bond acceptors (Lipinski definition) is 3. The van der Waals surface area contributed by atoms with Gasteiger partial charge >= 0.3 is 0 Å². The maximum absolute atomic E-state index is 12.8. The molecule has 23 heavy (non-hydrogen) atoms. The zero-order chi connectivity index (χ0) is 16.2. The van der Waals surface area contributed by atoms with Gasteiger partial charge in [-0.3, -0.25) is 4.79 Å². The minimum atomic E-state index is 0.00889. The molecular weight excluding hydrogens is 308 g/mol. The van der Waals surface area contributed by atoms with Crippen molar-refractivity contribution in [3.63, 3.8) is 0 Å². The van der Waals surface area contributed by atoms with E-state index in [2.05, 4.69) is 0 Å². The molecule has 2 heterocycles. The molecule has 0 aliphatic carbocycles. The molecule has 0 unspecified atom stereocenters. The Labute approximate surface area is 139 Å². The van der Waals surface area contributed by atoms with Crippen molar-refractivity contribution in [2.24, 2.45) is 0 Å². The lowest BCUT2D eigenvalue weighted by atomic mass is 10.2. The van der Waals surface area contributed by atoms with Gasteiger partial charge in [-0.05, 0) is 29.6 Å². The summed E-state index contributed by atoms with van der Waals surface area (Å²) in [6, 6.07) is 13.6. The third-order valence-electron chi connectivity index (χ3n) is 3.67. The Morgan fingerprint density at radius 1 is 1.17 bits per heavy atom. The van der Waals surface area contributed by atoms with Crippen LogP contribution in [0.1, 0.15) is 15.2 Å². The van der Waals surface area contributed by atoms with Gasteiger partial charge in [0, 0.05) is 31.5 Å².